The van der Waals surface area contributed by atoms with Gasteiger partial charge in [-0.3, -0.25) is 0 Å². The van der Waals surface area contributed by atoms with Crippen molar-refractivity contribution in [2.75, 3.05) is 22.9 Å². The predicted octanol–water partition coefficient (Wildman–Crippen LogP) is 1.38. The Balaban J connectivity index is 2.60. The van der Waals surface area contributed by atoms with Gasteiger partial charge in [0.1, 0.15) is 11.4 Å². The topological polar surface area (TPSA) is 150 Å². The number of hydrogen-bond donors (Lipinski definition) is 6. The molecule has 0 amide bonds. The molecule has 0 saturated carbocycles. The first kappa shape index (κ1) is 14.8. The first-order valence-electron chi connectivity index (χ1n) is 6.10. The molecule has 6 nitrogen and oxygen atoms in total. The Morgan fingerprint density at radius 2 is 1.52 bits per heavy atom. The van der Waals surface area contributed by atoms with Gasteiger partial charge in [-0.05, 0) is 23.8 Å². The molecule has 0 bridgehead atoms. The number of nitrogens with two attached hydrogens (primary N) is 5. The molecule has 110 valence electrons. The quantitative estimate of drug-likeness (QED) is 0.162. The number of benzene rings is 2. The van der Waals surface area contributed by atoms with E-state index in [-0.39, 0.29) is 22.8 Å². The Morgan fingerprint density at radius 1 is 0.952 bits per heavy atom. The van der Waals surface area contributed by atoms with E-state index >= 15 is 0 Å². The van der Waals surface area contributed by atoms with Crippen LogP contribution in [0, 0.1) is 0 Å². The molecule has 0 radical (unpaired) electrons. The summed E-state index contributed by atoms with van der Waals surface area (Å²) >= 11 is 0. The summed E-state index contributed by atoms with van der Waals surface area (Å²) in [5, 5.41) is 10.8. The molecule has 7 heteroatoms. The molecule has 0 saturated heterocycles. The van der Waals surface area contributed by atoms with Gasteiger partial charge in [0.05, 0.1) is 17.1 Å². The monoisotopic (exact) mass is 303 g/mol. The molecule has 2 aromatic carbocycles. The largest absolute Gasteiger partial charge is 0.505 e. The van der Waals surface area contributed by atoms with Crippen molar-refractivity contribution in [3.63, 3.8) is 0 Å². The van der Waals surface area contributed by atoms with Gasteiger partial charge in [-0.2, -0.15) is 0 Å². The zero-order valence-corrected chi connectivity index (χ0v) is 12.5. The molecule has 0 spiro atoms. The normalized spacial score (nSPS) is 12.0. The minimum atomic E-state index is -0.186. The summed E-state index contributed by atoms with van der Waals surface area (Å²) in [7, 11) is 2.53. The number of rotatable bonds is 2. The van der Waals surface area contributed by atoms with Crippen LogP contribution >= 0.6 is 9.24 Å². The van der Waals surface area contributed by atoms with Crippen LogP contribution in [0.3, 0.4) is 0 Å². The maximum Gasteiger partial charge on any atom is 0.150 e. The third kappa shape index (κ3) is 2.66. The number of aromatic hydroxyl groups is 1. The first-order chi connectivity index (χ1) is 9.82. The van der Waals surface area contributed by atoms with Gasteiger partial charge in [0, 0.05) is 16.6 Å². The molecule has 0 aromatic heterocycles. The van der Waals surface area contributed by atoms with Crippen LogP contribution in [-0.2, 0) is 0 Å². The highest BCUT2D eigenvalue weighted by Crippen LogP contribution is 2.40. The van der Waals surface area contributed by atoms with Crippen LogP contribution in [0.2, 0.25) is 0 Å². The van der Waals surface area contributed by atoms with E-state index in [0.717, 1.165) is 5.56 Å². The van der Waals surface area contributed by atoms with Crippen LogP contribution in [0.1, 0.15) is 11.1 Å². The van der Waals surface area contributed by atoms with Gasteiger partial charge in [-0.15, -0.1) is 9.24 Å². The van der Waals surface area contributed by atoms with E-state index in [2.05, 4.69) is 9.24 Å². The van der Waals surface area contributed by atoms with Crippen molar-refractivity contribution < 1.29 is 5.11 Å². The van der Waals surface area contributed by atoms with Gasteiger partial charge in [0.25, 0.3) is 0 Å². The Kier molecular flexibility index (Phi) is 3.82. The van der Waals surface area contributed by atoms with E-state index in [4.69, 9.17) is 28.7 Å². The Hall–Kier alpha value is -2.59. The van der Waals surface area contributed by atoms with Crippen LogP contribution in [-0.4, -0.2) is 5.11 Å². The Bertz CT molecular complexity index is 725. The number of phenols is 1. The van der Waals surface area contributed by atoms with Crippen molar-refractivity contribution in [2.45, 2.75) is 0 Å². The molecule has 0 aliphatic heterocycles. The highest BCUT2D eigenvalue weighted by molar-refractivity contribution is 7.32. The molecule has 0 aliphatic rings. The van der Waals surface area contributed by atoms with Crippen LogP contribution in [0.15, 0.2) is 30.3 Å². The summed E-state index contributed by atoms with van der Waals surface area (Å²) in [6.45, 7) is 0. The zero-order chi connectivity index (χ0) is 15.7. The van der Waals surface area contributed by atoms with Crippen LogP contribution in [0.4, 0.5) is 22.7 Å². The van der Waals surface area contributed by atoms with Crippen molar-refractivity contribution in [1.29, 1.82) is 0 Å². The van der Waals surface area contributed by atoms with Crippen LogP contribution in [0.5, 0.6) is 5.75 Å². The van der Waals surface area contributed by atoms with Crippen LogP contribution < -0.4 is 28.7 Å². The van der Waals surface area contributed by atoms with Gasteiger partial charge in [0.15, 0.2) is 0 Å². The highest BCUT2D eigenvalue weighted by atomic mass is 31.0. The second-order valence-corrected chi connectivity index (χ2v) is 5.22. The summed E-state index contributed by atoms with van der Waals surface area (Å²) in [6.07, 6.45) is 0. The average Bonchev–Trinajstić information content (AvgIpc) is 2.48. The minimum absolute atomic E-state index is 0.0167. The SMILES string of the molecule is N/C(=C(/P)c1ccc(N)cc1)c1cc(N)c(N)c(N)c1O. The van der Waals surface area contributed by atoms with Crippen molar-refractivity contribution in [3.8, 4) is 5.75 Å². The van der Waals surface area contributed by atoms with Gasteiger partial charge in [-0.25, -0.2) is 0 Å². The molecule has 1 unspecified atom stereocenters. The minimum Gasteiger partial charge on any atom is -0.505 e. The summed E-state index contributed by atoms with van der Waals surface area (Å²) in [6, 6.07) is 8.67. The second kappa shape index (κ2) is 5.42. The molecule has 2 aromatic rings. The van der Waals surface area contributed by atoms with Gasteiger partial charge < -0.3 is 33.8 Å². The number of nitrogen functional groups attached to an aromatic ring is 4. The molecule has 0 aliphatic carbocycles. The molecule has 21 heavy (non-hydrogen) atoms. The lowest BCUT2D eigenvalue weighted by Gasteiger charge is -2.14. The lowest BCUT2D eigenvalue weighted by Crippen LogP contribution is -2.06. The summed E-state index contributed by atoms with van der Waals surface area (Å²) in [5.41, 5.74) is 31.5. The van der Waals surface area contributed by atoms with Crippen molar-refractivity contribution in [2.24, 2.45) is 5.73 Å². The molecule has 0 fully saturated rings. The smallest absolute Gasteiger partial charge is 0.150 e. The third-order valence-corrected chi connectivity index (χ3v) is 3.86. The van der Waals surface area contributed by atoms with E-state index in [1.165, 1.54) is 6.07 Å². The fraction of sp³-hybridized carbons (Fsp3) is 0. The molecule has 0 heterocycles. The van der Waals surface area contributed by atoms with Crippen molar-refractivity contribution >= 4 is 43.0 Å². The predicted molar refractivity (Wildman–Crippen MR) is 92.9 cm³/mol. The maximum absolute atomic E-state index is 10.1. The summed E-state index contributed by atoms with van der Waals surface area (Å²) < 4.78 is 0. The van der Waals surface area contributed by atoms with Gasteiger partial charge in [-0.1, -0.05) is 12.1 Å². The Morgan fingerprint density at radius 3 is 2.10 bits per heavy atom. The Labute approximate surface area is 124 Å². The highest BCUT2D eigenvalue weighted by Gasteiger charge is 2.15. The van der Waals surface area contributed by atoms with E-state index in [1.54, 1.807) is 12.1 Å². The van der Waals surface area contributed by atoms with Crippen molar-refractivity contribution in [3.05, 3.63) is 41.5 Å². The molecular formula is C14H18N5OP. The second-order valence-electron chi connectivity index (χ2n) is 4.64. The third-order valence-electron chi connectivity index (χ3n) is 3.21. The number of phenolic OH excluding ortho intramolecular Hbond substituents is 1. The first-order valence-corrected chi connectivity index (χ1v) is 6.68. The molecule has 11 N–H and O–H groups in total. The van der Waals surface area contributed by atoms with E-state index in [1.807, 2.05) is 12.1 Å². The lowest BCUT2D eigenvalue weighted by atomic mass is 10.0. The molecule has 2 rings (SSSR count). The summed E-state index contributed by atoms with van der Waals surface area (Å²) in [4.78, 5) is 0. The lowest BCUT2D eigenvalue weighted by molar-refractivity contribution is 0.476. The summed E-state index contributed by atoms with van der Waals surface area (Å²) in [5.74, 6) is -0.186. The van der Waals surface area contributed by atoms with E-state index < -0.39 is 0 Å². The average molecular weight is 303 g/mol. The molecular weight excluding hydrogens is 285 g/mol. The fourth-order valence-electron chi connectivity index (χ4n) is 1.90. The fourth-order valence-corrected chi connectivity index (χ4v) is 2.25. The van der Waals surface area contributed by atoms with E-state index in [9.17, 15) is 5.11 Å². The van der Waals surface area contributed by atoms with E-state index in [0.29, 0.717) is 22.3 Å². The van der Waals surface area contributed by atoms with Gasteiger partial charge in [0.2, 0.25) is 0 Å². The zero-order valence-electron chi connectivity index (χ0n) is 11.3. The van der Waals surface area contributed by atoms with Gasteiger partial charge >= 0.3 is 0 Å². The van der Waals surface area contributed by atoms with Crippen molar-refractivity contribution in [1.82, 2.24) is 0 Å². The number of hydrogen-bond acceptors (Lipinski definition) is 6. The standard InChI is InChI=1S/C14H18N5OP/c15-7-3-1-6(2-4-7)14(21)10(17)8-5-9(16)11(18)12(19)13(8)20/h1-5,20H,15-19,21H2/b14-10+. The molecule has 1 atom stereocenters. The van der Waals surface area contributed by atoms with Crippen LogP contribution in [0.25, 0.3) is 11.0 Å². The number of anilines is 4. The maximum atomic E-state index is 10.1.